The van der Waals surface area contributed by atoms with Crippen LogP contribution >= 0.6 is 0 Å². The Kier molecular flexibility index (Phi) is 6.31. The molecule has 1 spiro atoms. The lowest BCUT2D eigenvalue weighted by Gasteiger charge is -2.49. The standard InChI is InChI=1S/C17H33NO2/c1-4-11-18-16(7-6-14(2)19-3)15-8-12-20-17(13-15)9-5-10-17/h14-16,18H,4-13H2,1-3H3. The van der Waals surface area contributed by atoms with Crippen LogP contribution in [-0.2, 0) is 9.47 Å². The van der Waals surface area contributed by atoms with Crippen LogP contribution in [-0.4, -0.2) is 38.0 Å². The highest BCUT2D eigenvalue weighted by Crippen LogP contribution is 2.45. The van der Waals surface area contributed by atoms with Gasteiger partial charge in [0, 0.05) is 19.8 Å². The highest BCUT2D eigenvalue weighted by molar-refractivity contribution is 4.96. The molecule has 1 aliphatic heterocycles. The number of nitrogens with one attached hydrogen (secondary N) is 1. The van der Waals surface area contributed by atoms with Crippen molar-refractivity contribution < 1.29 is 9.47 Å². The maximum atomic E-state index is 6.08. The van der Waals surface area contributed by atoms with Crippen molar-refractivity contribution in [1.29, 1.82) is 0 Å². The molecule has 118 valence electrons. The van der Waals surface area contributed by atoms with Gasteiger partial charge in [-0.3, -0.25) is 0 Å². The average molecular weight is 283 g/mol. The van der Waals surface area contributed by atoms with Gasteiger partial charge in [0.2, 0.25) is 0 Å². The Morgan fingerprint density at radius 2 is 2.15 bits per heavy atom. The van der Waals surface area contributed by atoms with Crippen LogP contribution in [0.2, 0.25) is 0 Å². The summed E-state index contributed by atoms with van der Waals surface area (Å²) in [6.07, 6.45) is 10.4. The van der Waals surface area contributed by atoms with Gasteiger partial charge in [-0.15, -0.1) is 0 Å². The van der Waals surface area contributed by atoms with E-state index in [4.69, 9.17) is 9.47 Å². The second-order valence-electron chi connectivity index (χ2n) is 6.82. The van der Waals surface area contributed by atoms with Gasteiger partial charge in [-0.2, -0.15) is 0 Å². The number of rotatable bonds is 8. The molecule has 2 rings (SSSR count). The highest BCUT2D eigenvalue weighted by Gasteiger charge is 2.44. The smallest absolute Gasteiger partial charge is 0.0685 e. The van der Waals surface area contributed by atoms with Gasteiger partial charge in [0.05, 0.1) is 11.7 Å². The third-order valence-corrected chi connectivity index (χ3v) is 5.31. The number of hydrogen-bond donors (Lipinski definition) is 1. The zero-order chi connectivity index (χ0) is 14.4. The first-order chi connectivity index (χ1) is 9.69. The molecular weight excluding hydrogens is 250 g/mol. The van der Waals surface area contributed by atoms with E-state index in [-0.39, 0.29) is 5.60 Å². The lowest BCUT2D eigenvalue weighted by molar-refractivity contribution is -0.147. The van der Waals surface area contributed by atoms with E-state index in [0.29, 0.717) is 12.1 Å². The Morgan fingerprint density at radius 1 is 1.35 bits per heavy atom. The third kappa shape index (κ3) is 4.19. The van der Waals surface area contributed by atoms with Crippen molar-refractivity contribution in [2.45, 2.75) is 83.0 Å². The molecule has 0 bridgehead atoms. The SMILES string of the molecule is CCCNC(CCC(C)OC)C1CCOC2(CCC2)C1. The van der Waals surface area contributed by atoms with Crippen LogP contribution in [0, 0.1) is 5.92 Å². The van der Waals surface area contributed by atoms with Crippen molar-refractivity contribution in [3.05, 3.63) is 0 Å². The monoisotopic (exact) mass is 283 g/mol. The number of ether oxygens (including phenoxy) is 2. The van der Waals surface area contributed by atoms with E-state index < -0.39 is 0 Å². The molecule has 3 heteroatoms. The van der Waals surface area contributed by atoms with Gasteiger partial charge in [-0.05, 0) is 70.8 Å². The summed E-state index contributed by atoms with van der Waals surface area (Å²) in [6.45, 7) is 6.53. The largest absolute Gasteiger partial charge is 0.382 e. The molecule has 0 radical (unpaired) electrons. The van der Waals surface area contributed by atoms with Crippen LogP contribution in [0.4, 0.5) is 0 Å². The Bertz CT molecular complexity index is 278. The molecule has 1 heterocycles. The maximum Gasteiger partial charge on any atom is 0.0685 e. The van der Waals surface area contributed by atoms with Crippen LogP contribution in [0.25, 0.3) is 0 Å². The summed E-state index contributed by atoms with van der Waals surface area (Å²) in [5.74, 6) is 0.791. The van der Waals surface area contributed by atoms with Crippen LogP contribution in [0.3, 0.4) is 0 Å². The van der Waals surface area contributed by atoms with Crippen molar-refractivity contribution in [1.82, 2.24) is 5.32 Å². The maximum absolute atomic E-state index is 6.08. The lowest BCUT2D eigenvalue weighted by atomic mass is 9.70. The molecule has 2 aliphatic rings. The molecule has 1 saturated heterocycles. The Labute approximate surface area is 124 Å². The van der Waals surface area contributed by atoms with E-state index in [1.807, 2.05) is 7.11 Å². The molecule has 1 aliphatic carbocycles. The van der Waals surface area contributed by atoms with E-state index >= 15 is 0 Å². The van der Waals surface area contributed by atoms with Crippen molar-refractivity contribution in [3.8, 4) is 0 Å². The minimum atomic E-state index is 0.266. The summed E-state index contributed by atoms with van der Waals surface area (Å²) in [6, 6.07) is 0.647. The molecule has 3 atom stereocenters. The quantitative estimate of drug-likeness (QED) is 0.739. The fraction of sp³-hybridized carbons (Fsp3) is 1.00. The van der Waals surface area contributed by atoms with Gasteiger partial charge in [-0.25, -0.2) is 0 Å². The summed E-state index contributed by atoms with van der Waals surface area (Å²) in [7, 11) is 1.82. The normalized spacial score (nSPS) is 28.1. The van der Waals surface area contributed by atoms with Gasteiger partial charge in [0.1, 0.15) is 0 Å². The molecule has 2 fully saturated rings. The van der Waals surface area contributed by atoms with Crippen molar-refractivity contribution in [2.75, 3.05) is 20.3 Å². The molecule has 20 heavy (non-hydrogen) atoms. The molecule has 0 amide bonds. The van der Waals surface area contributed by atoms with Gasteiger partial charge in [-0.1, -0.05) is 6.92 Å². The molecule has 0 aromatic rings. The molecule has 3 unspecified atom stereocenters. The van der Waals surface area contributed by atoms with E-state index in [1.54, 1.807) is 0 Å². The van der Waals surface area contributed by atoms with Gasteiger partial charge >= 0.3 is 0 Å². The van der Waals surface area contributed by atoms with Gasteiger partial charge in [0.25, 0.3) is 0 Å². The lowest BCUT2D eigenvalue weighted by Crippen LogP contribution is -2.50. The van der Waals surface area contributed by atoms with Gasteiger partial charge < -0.3 is 14.8 Å². The van der Waals surface area contributed by atoms with Crippen LogP contribution in [0.1, 0.15) is 65.2 Å². The van der Waals surface area contributed by atoms with E-state index in [9.17, 15) is 0 Å². The first kappa shape index (κ1) is 16.3. The highest BCUT2D eigenvalue weighted by atomic mass is 16.5. The second-order valence-corrected chi connectivity index (χ2v) is 6.82. The zero-order valence-electron chi connectivity index (χ0n) is 13.6. The van der Waals surface area contributed by atoms with Crippen molar-refractivity contribution in [3.63, 3.8) is 0 Å². The first-order valence-electron chi connectivity index (χ1n) is 8.59. The molecule has 1 N–H and O–H groups in total. The van der Waals surface area contributed by atoms with E-state index in [0.717, 1.165) is 25.5 Å². The third-order valence-electron chi connectivity index (χ3n) is 5.31. The summed E-state index contributed by atoms with van der Waals surface area (Å²) < 4.78 is 11.5. The minimum Gasteiger partial charge on any atom is -0.382 e. The number of methoxy groups -OCH3 is 1. The fourth-order valence-corrected chi connectivity index (χ4v) is 3.69. The molecule has 0 aromatic carbocycles. The Balaban J connectivity index is 1.87. The molecule has 0 aromatic heterocycles. The van der Waals surface area contributed by atoms with E-state index in [1.165, 1.54) is 44.9 Å². The summed E-state index contributed by atoms with van der Waals surface area (Å²) in [5.41, 5.74) is 0.266. The van der Waals surface area contributed by atoms with Crippen LogP contribution < -0.4 is 5.32 Å². The summed E-state index contributed by atoms with van der Waals surface area (Å²) in [4.78, 5) is 0. The number of hydrogen-bond acceptors (Lipinski definition) is 3. The van der Waals surface area contributed by atoms with Crippen LogP contribution in [0.5, 0.6) is 0 Å². The zero-order valence-corrected chi connectivity index (χ0v) is 13.6. The average Bonchev–Trinajstić information content (AvgIpc) is 2.45. The molecular formula is C17H33NO2. The van der Waals surface area contributed by atoms with E-state index in [2.05, 4.69) is 19.2 Å². The van der Waals surface area contributed by atoms with Crippen molar-refractivity contribution >= 4 is 0 Å². The summed E-state index contributed by atoms with van der Waals surface area (Å²) >= 11 is 0. The van der Waals surface area contributed by atoms with Crippen LogP contribution in [0.15, 0.2) is 0 Å². The Hall–Kier alpha value is -0.120. The fourth-order valence-electron chi connectivity index (χ4n) is 3.69. The Morgan fingerprint density at radius 3 is 2.75 bits per heavy atom. The minimum absolute atomic E-state index is 0.266. The predicted octanol–water partition coefficient (Wildman–Crippen LogP) is 3.52. The topological polar surface area (TPSA) is 30.5 Å². The molecule has 3 nitrogen and oxygen atoms in total. The first-order valence-corrected chi connectivity index (χ1v) is 8.59. The second kappa shape index (κ2) is 7.77. The summed E-state index contributed by atoms with van der Waals surface area (Å²) in [5, 5.41) is 3.79. The van der Waals surface area contributed by atoms with Crippen molar-refractivity contribution in [2.24, 2.45) is 5.92 Å². The molecule has 1 saturated carbocycles. The predicted molar refractivity (Wildman–Crippen MR) is 83.0 cm³/mol. The van der Waals surface area contributed by atoms with Gasteiger partial charge in [0.15, 0.2) is 0 Å².